The number of benzene rings is 1. The van der Waals surface area contributed by atoms with Gasteiger partial charge in [0.15, 0.2) is 0 Å². The van der Waals surface area contributed by atoms with Gasteiger partial charge in [0.2, 0.25) is 5.78 Å². The van der Waals surface area contributed by atoms with Gasteiger partial charge < -0.3 is 15.7 Å². The van der Waals surface area contributed by atoms with Crippen LogP contribution in [-0.2, 0) is 20.9 Å². The monoisotopic (exact) mass is 563 g/mol. The number of anilines is 1. The zero-order valence-electron chi connectivity index (χ0n) is 19.8. The van der Waals surface area contributed by atoms with Gasteiger partial charge in [-0.25, -0.2) is 9.97 Å². The quantitative estimate of drug-likeness (QED) is 0.304. The third kappa shape index (κ3) is 5.70. The van der Waals surface area contributed by atoms with Crippen molar-refractivity contribution < 1.29 is 22.5 Å². The summed E-state index contributed by atoms with van der Waals surface area (Å²) in [6.07, 6.45) is 2.26. The Morgan fingerprint density at radius 1 is 1.30 bits per heavy atom. The van der Waals surface area contributed by atoms with Crippen molar-refractivity contribution in [1.82, 2.24) is 20.0 Å². The lowest BCUT2D eigenvalue weighted by Crippen LogP contribution is -2.31. The van der Waals surface area contributed by atoms with Crippen LogP contribution in [0, 0.1) is 0 Å². The molecule has 2 aromatic heterocycles. The van der Waals surface area contributed by atoms with Gasteiger partial charge in [-0.2, -0.15) is 13.1 Å². The smallest absolute Gasteiger partial charge is 0.335 e. The second-order valence-electron chi connectivity index (χ2n) is 9.01. The van der Waals surface area contributed by atoms with Gasteiger partial charge >= 0.3 is 10.3 Å². The molecule has 1 saturated carbocycles. The SMILES string of the molecule is CNS(=O)(=O)O[C@@H]1C[C@H](Nc2ncncc2C(=O)c2cc([C@H]3NCCc4ccc(Cl)cc43)cs2)C[C@@H]1O. The van der Waals surface area contributed by atoms with E-state index >= 15 is 0 Å². The van der Waals surface area contributed by atoms with Crippen molar-refractivity contribution >= 4 is 44.8 Å². The minimum atomic E-state index is -3.95. The highest BCUT2D eigenvalue weighted by Crippen LogP contribution is 2.34. The normalized spacial score (nSPS) is 23.5. The van der Waals surface area contributed by atoms with Gasteiger partial charge in [0.1, 0.15) is 18.2 Å². The van der Waals surface area contributed by atoms with Gasteiger partial charge in [-0.1, -0.05) is 17.7 Å². The fraction of sp³-hybridized carbons (Fsp3) is 0.375. The second kappa shape index (κ2) is 10.7. The third-order valence-electron chi connectivity index (χ3n) is 6.61. The molecule has 1 fully saturated rings. The van der Waals surface area contributed by atoms with Crippen molar-refractivity contribution in [3.63, 3.8) is 0 Å². The molecule has 4 atom stereocenters. The summed E-state index contributed by atoms with van der Waals surface area (Å²) in [5, 5.41) is 19.6. The van der Waals surface area contributed by atoms with Gasteiger partial charge in [-0.05, 0) is 59.5 Å². The average molecular weight is 564 g/mol. The molecule has 0 bridgehead atoms. The molecule has 0 unspecified atom stereocenters. The largest absolute Gasteiger partial charge is 0.390 e. The number of ketones is 1. The maximum Gasteiger partial charge on any atom is 0.335 e. The van der Waals surface area contributed by atoms with E-state index in [2.05, 4.69) is 25.3 Å². The maximum atomic E-state index is 13.5. The number of nitrogens with zero attached hydrogens (tertiary/aromatic N) is 2. The van der Waals surface area contributed by atoms with Gasteiger partial charge in [-0.3, -0.25) is 8.98 Å². The second-order valence-corrected chi connectivity index (χ2v) is 11.9. The molecule has 13 heteroatoms. The summed E-state index contributed by atoms with van der Waals surface area (Å²) in [5.74, 6) is 0.0859. The van der Waals surface area contributed by atoms with Gasteiger partial charge in [0.25, 0.3) is 0 Å². The molecule has 1 aliphatic heterocycles. The molecular formula is C24H26ClN5O5S2. The van der Waals surface area contributed by atoms with Crippen LogP contribution in [-0.4, -0.2) is 61.1 Å². The highest BCUT2D eigenvalue weighted by Gasteiger charge is 2.37. The first kappa shape index (κ1) is 26.2. The number of aliphatic hydroxyl groups is 1. The van der Waals surface area contributed by atoms with E-state index in [1.807, 2.05) is 29.6 Å². The van der Waals surface area contributed by atoms with Crippen molar-refractivity contribution in [1.29, 1.82) is 0 Å². The average Bonchev–Trinajstić information content (AvgIpc) is 3.50. The molecule has 0 spiro atoms. The Kier molecular flexibility index (Phi) is 7.59. The summed E-state index contributed by atoms with van der Waals surface area (Å²) in [5.41, 5.74) is 3.61. The fourth-order valence-electron chi connectivity index (χ4n) is 4.79. The van der Waals surface area contributed by atoms with Crippen LogP contribution >= 0.6 is 22.9 Å². The number of carbonyl (C=O) groups excluding carboxylic acids is 1. The first-order valence-electron chi connectivity index (χ1n) is 11.8. The Balaban J connectivity index is 1.33. The van der Waals surface area contributed by atoms with E-state index in [-0.39, 0.29) is 36.3 Å². The van der Waals surface area contributed by atoms with E-state index in [0.29, 0.717) is 15.7 Å². The highest BCUT2D eigenvalue weighted by molar-refractivity contribution is 7.84. The van der Waals surface area contributed by atoms with Gasteiger partial charge in [0, 0.05) is 30.9 Å². The number of halogens is 1. The standard InChI is InChI=1S/C24H26ClN5O5S2/c1-26-37(33,34)35-20-9-16(8-19(20)31)30-24-18(10-27-12-29-24)23(32)21-6-14(11-36-21)22-17-7-15(25)3-2-13(17)4-5-28-22/h2-3,6-7,10-12,16,19-20,22,26,28,31H,4-5,8-9H2,1H3,(H,27,29,30)/t16-,19+,20-,22-/m1/s1. The first-order valence-corrected chi connectivity index (χ1v) is 14.4. The fourth-order valence-corrected chi connectivity index (χ4v) is 6.49. The third-order valence-corrected chi connectivity index (χ3v) is 8.79. The number of hydrogen-bond donors (Lipinski definition) is 4. The number of thiophene rings is 1. The van der Waals surface area contributed by atoms with Crippen LogP contribution < -0.4 is 15.4 Å². The van der Waals surface area contributed by atoms with Gasteiger partial charge in [-0.15, -0.1) is 11.3 Å². The van der Waals surface area contributed by atoms with Crippen LogP contribution in [0.15, 0.2) is 42.2 Å². The predicted molar refractivity (Wildman–Crippen MR) is 140 cm³/mol. The van der Waals surface area contributed by atoms with Crippen LogP contribution in [0.5, 0.6) is 0 Å². The number of fused-ring (bicyclic) bond motifs is 1. The lowest BCUT2D eigenvalue weighted by molar-refractivity contribution is 0.0636. The molecule has 196 valence electrons. The van der Waals surface area contributed by atoms with Crippen molar-refractivity contribution in [2.24, 2.45) is 0 Å². The minimum absolute atomic E-state index is 0.0596. The van der Waals surface area contributed by atoms with Crippen molar-refractivity contribution in [3.8, 4) is 0 Å². The van der Waals surface area contributed by atoms with E-state index in [9.17, 15) is 18.3 Å². The molecule has 3 heterocycles. The van der Waals surface area contributed by atoms with Crippen LogP contribution in [0.1, 0.15) is 50.8 Å². The molecule has 2 aliphatic rings. The van der Waals surface area contributed by atoms with Crippen LogP contribution in [0.3, 0.4) is 0 Å². The summed E-state index contributed by atoms with van der Waals surface area (Å²) < 4.78 is 30.6. The van der Waals surface area contributed by atoms with E-state index < -0.39 is 22.5 Å². The Morgan fingerprint density at radius 2 is 2.14 bits per heavy atom. The van der Waals surface area contributed by atoms with Crippen LogP contribution in [0.2, 0.25) is 5.02 Å². The summed E-state index contributed by atoms with van der Waals surface area (Å²) >= 11 is 7.60. The van der Waals surface area contributed by atoms with Gasteiger partial charge in [0.05, 0.1) is 22.6 Å². The molecule has 1 aliphatic carbocycles. The number of aliphatic hydroxyl groups excluding tert-OH is 1. The highest BCUT2D eigenvalue weighted by atomic mass is 35.5. The topological polar surface area (TPSA) is 143 Å². The lowest BCUT2D eigenvalue weighted by atomic mass is 9.91. The zero-order valence-corrected chi connectivity index (χ0v) is 22.2. The van der Waals surface area contributed by atoms with Crippen molar-refractivity contribution in [2.45, 2.75) is 43.6 Å². The lowest BCUT2D eigenvalue weighted by Gasteiger charge is -2.26. The molecule has 1 aromatic carbocycles. The van der Waals surface area contributed by atoms with Crippen LogP contribution in [0.4, 0.5) is 5.82 Å². The molecule has 4 N–H and O–H groups in total. The Hall–Kier alpha value is -2.45. The number of aromatic nitrogens is 2. The summed E-state index contributed by atoms with van der Waals surface area (Å²) in [6, 6.07) is 7.38. The maximum absolute atomic E-state index is 13.5. The molecule has 5 rings (SSSR count). The van der Waals surface area contributed by atoms with E-state index in [4.69, 9.17) is 15.8 Å². The van der Waals surface area contributed by atoms with E-state index in [0.717, 1.165) is 24.1 Å². The minimum Gasteiger partial charge on any atom is -0.390 e. The number of rotatable bonds is 8. The molecular weight excluding hydrogens is 538 g/mol. The number of carbonyl (C=O) groups is 1. The summed E-state index contributed by atoms with van der Waals surface area (Å²) in [6.45, 7) is 0.826. The Morgan fingerprint density at radius 3 is 2.95 bits per heavy atom. The Labute approximate surface area is 223 Å². The molecule has 0 radical (unpaired) electrons. The molecule has 37 heavy (non-hydrogen) atoms. The summed E-state index contributed by atoms with van der Waals surface area (Å²) in [7, 11) is -2.71. The summed E-state index contributed by atoms with van der Waals surface area (Å²) in [4.78, 5) is 22.3. The molecule has 10 nitrogen and oxygen atoms in total. The zero-order chi connectivity index (χ0) is 26.2. The Bertz CT molecular complexity index is 1420. The number of nitrogens with one attached hydrogen (secondary N) is 3. The van der Waals surface area contributed by atoms with Crippen molar-refractivity contribution in [3.05, 3.63) is 74.3 Å². The van der Waals surface area contributed by atoms with E-state index in [1.54, 1.807) is 0 Å². The predicted octanol–water partition coefficient (Wildman–Crippen LogP) is 2.44. The molecule has 0 amide bonds. The molecule has 3 aromatic rings. The first-order chi connectivity index (χ1) is 17.7. The molecule has 0 saturated heterocycles. The van der Waals surface area contributed by atoms with Crippen LogP contribution in [0.25, 0.3) is 0 Å². The van der Waals surface area contributed by atoms with E-state index in [1.165, 1.54) is 36.5 Å². The number of hydrogen-bond acceptors (Lipinski definition) is 10. The van der Waals surface area contributed by atoms with Crippen molar-refractivity contribution in [2.75, 3.05) is 18.9 Å².